The molecule has 1 heterocycles. The standard InChI is InChI=1S/C10H12F3NO4/c1-6(10(11,12)13)2-7(15)14-9(3-8(16)17)4-18-5-9/h2H,3-5H2,1H3,(H,14,15)(H,16,17). The van der Waals surface area contributed by atoms with Crippen molar-refractivity contribution in [2.45, 2.75) is 25.1 Å². The van der Waals surface area contributed by atoms with Crippen LogP contribution in [0.4, 0.5) is 13.2 Å². The van der Waals surface area contributed by atoms with Crippen molar-refractivity contribution in [3.05, 3.63) is 11.6 Å². The smallest absolute Gasteiger partial charge is 0.412 e. The Balaban J connectivity index is 2.67. The van der Waals surface area contributed by atoms with Crippen LogP contribution in [0.1, 0.15) is 13.3 Å². The fraction of sp³-hybridized carbons (Fsp3) is 0.600. The van der Waals surface area contributed by atoms with Gasteiger partial charge in [-0.3, -0.25) is 9.59 Å². The number of ether oxygens (including phenoxy) is 1. The molecule has 1 aliphatic heterocycles. The Labute approximate surface area is 101 Å². The van der Waals surface area contributed by atoms with Crippen molar-refractivity contribution in [2.75, 3.05) is 13.2 Å². The lowest BCUT2D eigenvalue weighted by Crippen LogP contribution is -2.62. The van der Waals surface area contributed by atoms with E-state index in [2.05, 4.69) is 5.32 Å². The van der Waals surface area contributed by atoms with Gasteiger partial charge in [0.05, 0.1) is 25.2 Å². The SMILES string of the molecule is CC(=CC(=O)NC1(CC(=O)O)COC1)C(F)(F)F. The molecule has 0 bridgehead atoms. The number of carboxylic acid groups (broad SMARTS) is 1. The number of carbonyl (C=O) groups excluding carboxylic acids is 1. The van der Waals surface area contributed by atoms with E-state index in [4.69, 9.17) is 9.84 Å². The molecule has 0 spiro atoms. The molecule has 0 radical (unpaired) electrons. The van der Waals surface area contributed by atoms with E-state index in [0.29, 0.717) is 6.08 Å². The number of allylic oxidation sites excluding steroid dienone is 1. The maximum absolute atomic E-state index is 12.2. The van der Waals surface area contributed by atoms with E-state index in [1.54, 1.807) is 0 Å². The second-order valence-corrected chi connectivity index (χ2v) is 4.16. The van der Waals surface area contributed by atoms with Crippen LogP contribution in [-0.2, 0) is 14.3 Å². The summed E-state index contributed by atoms with van der Waals surface area (Å²) in [5, 5.41) is 10.9. The van der Waals surface area contributed by atoms with E-state index in [1.165, 1.54) is 0 Å². The quantitative estimate of drug-likeness (QED) is 0.741. The number of hydrogen-bond donors (Lipinski definition) is 2. The van der Waals surface area contributed by atoms with Crippen LogP contribution in [0.15, 0.2) is 11.6 Å². The monoisotopic (exact) mass is 267 g/mol. The Morgan fingerprint density at radius 1 is 1.44 bits per heavy atom. The van der Waals surface area contributed by atoms with Gasteiger partial charge in [-0.1, -0.05) is 0 Å². The number of rotatable bonds is 4. The maximum atomic E-state index is 12.2. The first-order valence-corrected chi connectivity index (χ1v) is 5.02. The number of carbonyl (C=O) groups is 2. The topological polar surface area (TPSA) is 75.6 Å². The molecule has 0 saturated carbocycles. The van der Waals surface area contributed by atoms with Gasteiger partial charge in [0.1, 0.15) is 0 Å². The number of aliphatic carboxylic acids is 1. The molecule has 1 fully saturated rings. The Hall–Kier alpha value is -1.57. The van der Waals surface area contributed by atoms with E-state index < -0.39 is 35.6 Å². The minimum Gasteiger partial charge on any atom is -0.481 e. The summed E-state index contributed by atoms with van der Waals surface area (Å²) in [7, 11) is 0. The second-order valence-electron chi connectivity index (χ2n) is 4.16. The molecule has 5 nitrogen and oxygen atoms in total. The summed E-state index contributed by atoms with van der Waals surface area (Å²) in [4.78, 5) is 21.9. The van der Waals surface area contributed by atoms with Crippen molar-refractivity contribution in [3.8, 4) is 0 Å². The minimum atomic E-state index is -4.58. The molecule has 0 aromatic rings. The highest BCUT2D eigenvalue weighted by molar-refractivity contribution is 5.89. The van der Waals surface area contributed by atoms with Crippen molar-refractivity contribution < 1.29 is 32.6 Å². The molecule has 0 aromatic carbocycles. The number of carboxylic acids is 1. The first-order chi connectivity index (χ1) is 8.15. The van der Waals surface area contributed by atoms with E-state index >= 15 is 0 Å². The Kier molecular flexibility index (Phi) is 4.00. The Morgan fingerprint density at radius 2 is 2.00 bits per heavy atom. The molecule has 1 amide bonds. The largest absolute Gasteiger partial charge is 0.481 e. The lowest BCUT2D eigenvalue weighted by molar-refractivity contribution is -0.149. The van der Waals surface area contributed by atoms with Gasteiger partial charge >= 0.3 is 12.1 Å². The predicted molar refractivity (Wildman–Crippen MR) is 53.8 cm³/mol. The molecule has 0 atom stereocenters. The number of halogens is 3. The van der Waals surface area contributed by atoms with Crippen molar-refractivity contribution in [1.82, 2.24) is 5.32 Å². The number of nitrogens with one attached hydrogen (secondary N) is 1. The molecule has 18 heavy (non-hydrogen) atoms. The van der Waals surface area contributed by atoms with Gasteiger partial charge in [-0.05, 0) is 6.92 Å². The molecule has 0 aliphatic carbocycles. The highest BCUT2D eigenvalue weighted by Gasteiger charge is 2.42. The third kappa shape index (κ3) is 3.73. The molecule has 1 aliphatic rings. The van der Waals surface area contributed by atoms with Crippen LogP contribution in [0.25, 0.3) is 0 Å². The van der Waals surface area contributed by atoms with E-state index in [1.807, 2.05) is 0 Å². The average molecular weight is 267 g/mol. The summed E-state index contributed by atoms with van der Waals surface area (Å²) < 4.78 is 41.3. The fourth-order valence-corrected chi connectivity index (χ4v) is 1.43. The van der Waals surface area contributed by atoms with Crippen molar-refractivity contribution in [2.24, 2.45) is 0 Å². The third-order valence-electron chi connectivity index (χ3n) is 2.43. The van der Waals surface area contributed by atoms with Gasteiger partial charge < -0.3 is 15.2 Å². The Morgan fingerprint density at radius 3 is 2.33 bits per heavy atom. The summed E-state index contributed by atoms with van der Waals surface area (Å²) in [5.74, 6) is -2.13. The molecule has 1 rings (SSSR count). The fourth-order valence-electron chi connectivity index (χ4n) is 1.43. The molecule has 0 aromatic heterocycles. The van der Waals surface area contributed by atoms with E-state index in [0.717, 1.165) is 6.92 Å². The van der Waals surface area contributed by atoms with Crippen molar-refractivity contribution in [3.63, 3.8) is 0 Å². The number of alkyl halides is 3. The van der Waals surface area contributed by atoms with Gasteiger partial charge in [0.15, 0.2) is 0 Å². The third-order valence-corrected chi connectivity index (χ3v) is 2.43. The zero-order chi connectivity index (χ0) is 14.0. The van der Waals surface area contributed by atoms with Gasteiger partial charge in [-0.25, -0.2) is 0 Å². The lowest BCUT2D eigenvalue weighted by Gasteiger charge is -2.40. The second kappa shape index (κ2) is 4.97. The molecule has 2 N–H and O–H groups in total. The van der Waals surface area contributed by atoms with Gasteiger partial charge in [-0.15, -0.1) is 0 Å². The van der Waals surface area contributed by atoms with Crippen molar-refractivity contribution >= 4 is 11.9 Å². The number of hydrogen-bond acceptors (Lipinski definition) is 3. The van der Waals surface area contributed by atoms with Gasteiger partial charge in [-0.2, -0.15) is 13.2 Å². The molecule has 1 saturated heterocycles. The van der Waals surface area contributed by atoms with E-state index in [-0.39, 0.29) is 13.2 Å². The normalized spacial score (nSPS) is 19.0. The van der Waals surface area contributed by atoms with Crippen LogP contribution < -0.4 is 5.32 Å². The first kappa shape index (κ1) is 14.5. The van der Waals surface area contributed by atoms with Crippen molar-refractivity contribution in [1.29, 1.82) is 0 Å². The summed E-state index contributed by atoms with van der Waals surface area (Å²) in [5.41, 5.74) is -2.16. The number of amides is 1. The van der Waals surface area contributed by atoms with Crippen LogP contribution in [0, 0.1) is 0 Å². The van der Waals surface area contributed by atoms with Crippen LogP contribution in [-0.4, -0.2) is 41.9 Å². The molecule has 102 valence electrons. The summed E-state index contributed by atoms with van der Waals surface area (Å²) in [6.45, 7) is 0.717. The molecule has 8 heteroatoms. The molecular weight excluding hydrogens is 255 g/mol. The molecular formula is C10H12F3NO4. The van der Waals surface area contributed by atoms with Crippen LogP contribution in [0.5, 0.6) is 0 Å². The lowest BCUT2D eigenvalue weighted by atomic mass is 9.93. The van der Waals surface area contributed by atoms with Gasteiger partial charge in [0.25, 0.3) is 0 Å². The zero-order valence-electron chi connectivity index (χ0n) is 9.50. The highest BCUT2D eigenvalue weighted by Crippen LogP contribution is 2.25. The average Bonchev–Trinajstić information content (AvgIpc) is 2.11. The first-order valence-electron chi connectivity index (χ1n) is 5.02. The summed E-state index contributed by atoms with van der Waals surface area (Å²) >= 11 is 0. The predicted octanol–water partition coefficient (Wildman–Crippen LogP) is 0.855. The van der Waals surface area contributed by atoms with Crippen LogP contribution >= 0.6 is 0 Å². The van der Waals surface area contributed by atoms with Crippen LogP contribution in [0.2, 0.25) is 0 Å². The summed E-state index contributed by atoms with van der Waals surface area (Å²) in [6, 6.07) is 0. The minimum absolute atomic E-state index is 0.0239. The van der Waals surface area contributed by atoms with Gasteiger partial charge in [0, 0.05) is 11.6 Å². The van der Waals surface area contributed by atoms with Gasteiger partial charge in [0.2, 0.25) is 5.91 Å². The summed E-state index contributed by atoms with van der Waals surface area (Å²) in [6.07, 6.45) is -4.56. The van der Waals surface area contributed by atoms with E-state index in [9.17, 15) is 22.8 Å². The molecule has 0 unspecified atom stereocenters. The van der Waals surface area contributed by atoms with Crippen LogP contribution in [0.3, 0.4) is 0 Å². The zero-order valence-corrected chi connectivity index (χ0v) is 9.50. The maximum Gasteiger partial charge on any atom is 0.412 e. The Bertz CT molecular complexity index is 385. The highest BCUT2D eigenvalue weighted by atomic mass is 19.4.